The summed E-state index contributed by atoms with van der Waals surface area (Å²) in [5.41, 5.74) is 7.26. The number of carbonyl (C=O) groups excluding carboxylic acids is 1. The first-order valence-electron chi connectivity index (χ1n) is 9.07. The Bertz CT molecular complexity index is 1180. The second-order valence-corrected chi connectivity index (χ2v) is 6.64. The van der Waals surface area contributed by atoms with Crippen LogP contribution in [0.15, 0.2) is 77.9 Å². The Morgan fingerprint density at radius 2 is 1.68 bits per heavy atom. The molecule has 4 aromatic rings. The maximum atomic E-state index is 12.6. The molecule has 5 nitrogen and oxygen atoms in total. The third-order valence-electron chi connectivity index (χ3n) is 4.78. The molecular weight excluding hydrogens is 348 g/mol. The fourth-order valence-corrected chi connectivity index (χ4v) is 3.17. The van der Waals surface area contributed by atoms with Crippen LogP contribution in [0.2, 0.25) is 0 Å². The number of fused-ring (bicyclic) bond motifs is 1. The summed E-state index contributed by atoms with van der Waals surface area (Å²) in [5.74, 6) is -0.313. The SMILES string of the molecule is CC(=NNC(=O)c1[nH]nc(-c2ccccc2)c1C)c1ccc2ccccc2c1. The van der Waals surface area contributed by atoms with Gasteiger partial charge in [-0.15, -0.1) is 0 Å². The molecule has 4 rings (SSSR count). The molecule has 0 aliphatic rings. The Balaban J connectivity index is 1.54. The third kappa shape index (κ3) is 3.42. The van der Waals surface area contributed by atoms with E-state index in [-0.39, 0.29) is 5.91 Å². The molecule has 0 radical (unpaired) electrons. The van der Waals surface area contributed by atoms with Crippen LogP contribution in [-0.2, 0) is 0 Å². The molecule has 0 spiro atoms. The summed E-state index contributed by atoms with van der Waals surface area (Å²) >= 11 is 0. The normalized spacial score (nSPS) is 11.6. The molecule has 28 heavy (non-hydrogen) atoms. The van der Waals surface area contributed by atoms with Gasteiger partial charge in [-0.2, -0.15) is 10.2 Å². The van der Waals surface area contributed by atoms with Crippen LogP contribution < -0.4 is 5.43 Å². The van der Waals surface area contributed by atoms with Gasteiger partial charge in [0.15, 0.2) is 0 Å². The molecular formula is C23H20N4O. The standard InChI is InChI=1S/C23H20N4O/c1-15-21(18-9-4-3-5-10-18)25-26-22(15)23(28)27-24-16(2)19-13-12-17-8-6-7-11-20(17)14-19/h3-14H,1-2H3,(H,25,26)(H,27,28). The van der Waals surface area contributed by atoms with E-state index in [0.717, 1.165) is 33.5 Å². The van der Waals surface area contributed by atoms with Crippen molar-refractivity contribution >= 4 is 22.4 Å². The molecule has 2 N–H and O–H groups in total. The zero-order valence-corrected chi connectivity index (χ0v) is 15.7. The van der Waals surface area contributed by atoms with Crippen LogP contribution in [-0.4, -0.2) is 21.8 Å². The third-order valence-corrected chi connectivity index (χ3v) is 4.78. The number of hydrazone groups is 1. The van der Waals surface area contributed by atoms with Crippen molar-refractivity contribution in [3.8, 4) is 11.3 Å². The van der Waals surface area contributed by atoms with Crippen LogP contribution in [0.5, 0.6) is 0 Å². The average Bonchev–Trinajstić information content (AvgIpc) is 3.13. The van der Waals surface area contributed by atoms with Gasteiger partial charge < -0.3 is 0 Å². The number of hydrogen-bond acceptors (Lipinski definition) is 3. The average molecular weight is 368 g/mol. The minimum Gasteiger partial charge on any atom is -0.272 e. The molecule has 0 fully saturated rings. The first-order valence-corrected chi connectivity index (χ1v) is 9.07. The highest BCUT2D eigenvalue weighted by Crippen LogP contribution is 2.22. The van der Waals surface area contributed by atoms with Gasteiger partial charge in [0.2, 0.25) is 0 Å². The summed E-state index contributed by atoms with van der Waals surface area (Å²) in [6.45, 7) is 3.75. The molecule has 0 atom stereocenters. The van der Waals surface area contributed by atoms with E-state index >= 15 is 0 Å². The molecule has 0 aliphatic carbocycles. The van der Waals surface area contributed by atoms with Crippen molar-refractivity contribution in [1.82, 2.24) is 15.6 Å². The Kier molecular flexibility index (Phi) is 4.72. The summed E-state index contributed by atoms with van der Waals surface area (Å²) in [6, 6.07) is 24.0. The Labute approximate surface area is 163 Å². The summed E-state index contributed by atoms with van der Waals surface area (Å²) in [7, 11) is 0. The van der Waals surface area contributed by atoms with Gasteiger partial charge in [0.1, 0.15) is 5.69 Å². The van der Waals surface area contributed by atoms with Crippen molar-refractivity contribution in [2.75, 3.05) is 0 Å². The summed E-state index contributed by atoms with van der Waals surface area (Å²) < 4.78 is 0. The number of H-pyrrole nitrogens is 1. The van der Waals surface area contributed by atoms with E-state index < -0.39 is 0 Å². The lowest BCUT2D eigenvalue weighted by Gasteiger charge is -2.05. The smallest absolute Gasteiger partial charge is 0.272 e. The Morgan fingerprint density at radius 1 is 0.964 bits per heavy atom. The lowest BCUT2D eigenvalue weighted by molar-refractivity contribution is 0.0949. The van der Waals surface area contributed by atoms with Crippen molar-refractivity contribution in [3.63, 3.8) is 0 Å². The molecule has 3 aromatic carbocycles. The van der Waals surface area contributed by atoms with E-state index in [0.29, 0.717) is 5.69 Å². The molecule has 138 valence electrons. The van der Waals surface area contributed by atoms with Crippen molar-refractivity contribution in [1.29, 1.82) is 0 Å². The zero-order chi connectivity index (χ0) is 19.5. The van der Waals surface area contributed by atoms with Gasteiger partial charge in [-0.25, -0.2) is 5.43 Å². The number of nitrogens with zero attached hydrogens (tertiary/aromatic N) is 2. The molecule has 1 amide bonds. The second-order valence-electron chi connectivity index (χ2n) is 6.64. The van der Waals surface area contributed by atoms with Crippen molar-refractivity contribution in [2.24, 2.45) is 5.10 Å². The number of benzene rings is 3. The molecule has 0 bridgehead atoms. The highest BCUT2D eigenvalue weighted by molar-refractivity contribution is 6.03. The van der Waals surface area contributed by atoms with E-state index in [4.69, 9.17) is 0 Å². The van der Waals surface area contributed by atoms with Gasteiger partial charge in [-0.3, -0.25) is 9.89 Å². The van der Waals surface area contributed by atoms with Crippen LogP contribution in [0.25, 0.3) is 22.0 Å². The second kappa shape index (κ2) is 7.48. The zero-order valence-electron chi connectivity index (χ0n) is 15.7. The Morgan fingerprint density at radius 3 is 2.46 bits per heavy atom. The lowest BCUT2D eigenvalue weighted by atomic mass is 10.0. The molecule has 0 aliphatic heterocycles. The monoisotopic (exact) mass is 368 g/mol. The summed E-state index contributed by atoms with van der Waals surface area (Å²) in [4.78, 5) is 12.6. The summed E-state index contributed by atoms with van der Waals surface area (Å²) in [5, 5.41) is 13.7. The molecule has 1 heterocycles. The maximum absolute atomic E-state index is 12.6. The number of amides is 1. The van der Waals surface area contributed by atoms with E-state index in [1.807, 2.05) is 62.4 Å². The molecule has 1 aromatic heterocycles. The number of carbonyl (C=O) groups is 1. The molecule has 0 unspecified atom stereocenters. The van der Waals surface area contributed by atoms with E-state index in [1.54, 1.807) is 0 Å². The first-order chi connectivity index (χ1) is 13.6. The van der Waals surface area contributed by atoms with E-state index in [1.165, 1.54) is 5.39 Å². The highest BCUT2D eigenvalue weighted by atomic mass is 16.2. The number of hydrogen-bond donors (Lipinski definition) is 2. The number of aromatic nitrogens is 2. The lowest BCUT2D eigenvalue weighted by Crippen LogP contribution is -2.20. The van der Waals surface area contributed by atoms with Gasteiger partial charge in [-0.05, 0) is 36.2 Å². The van der Waals surface area contributed by atoms with Crippen molar-refractivity contribution in [3.05, 3.63) is 89.6 Å². The predicted octanol–water partition coefficient (Wildman–Crippen LogP) is 4.69. The van der Waals surface area contributed by atoms with Crippen molar-refractivity contribution in [2.45, 2.75) is 13.8 Å². The topological polar surface area (TPSA) is 70.1 Å². The maximum Gasteiger partial charge on any atom is 0.289 e. The number of nitrogens with one attached hydrogen (secondary N) is 2. The fraction of sp³-hybridized carbons (Fsp3) is 0.0870. The molecule has 0 saturated heterocycles. The van der Waals surface area contributed by atoms with Crippen LogP contribution in [0.4, 0.5) is 0 Å². The van der Waals surface area contributed by atoms with Crippen LogP contribution in [0.3, 0.4) is 0 Å². The minimum absolute atomic E-state index is 0.313. The van der Waals surface area contributed by atoms with Gasteiger partial charge in [0, 0.05) is 11.1 Å². The quantitative estimate of drug-likeness (QED) is 0.405. The van der Waals surface area contributed by atoms with Crippen molar-refractivity contribution < 1.29 is 4.79 Å². The first kappa shape index (κ1) is 17.7. The highest BCUT2D eigenvalue weighted by Gasteiger charge is 2.16. The predicted molar refractivity (Wildman–Crippen MR) is 112 cm³/mol. The number of aromatic amines is 1. The van der Waals surface area contributed by atoms with Gasteiger partial charge in [0.25, 0.3) is 5.91 Å². The van der Waals surface area contributed by atoms with Crippen LogP contribution in [0, 0.1) is 6.92 Å². The fourth-order valence-electron chi connectivity index (χ4n) is 3.17. The largest absolute Gasteiger partial charge is 0.289 e. The van der Waals surface area contributed by atoms with E-state index in [9.17, 15) is 4.79 Å². The van der Waals surface area contributed by atoms with Gasteiger partial charge in [0.05, 0.1) is 11.4 Å². The van der Waals surface area contributed by atoms with Crippen LogP contribution in [0.1, 0.15) is 28.5 Å². The van der Waals surface area contributed by atoms with Crippen LogP contribution >= 0.6 is 0 Å². The number of rotatable bonds is 4. The van der Waals surface area contributed by atoms with E-state index in [2.05, 4.69) is 45.0 Å². The summed E-state index contributed by atoms with van der Waals surface area (Å²) in [6.07, 6.45) is 0. The van der Waals surface area contributed by atoms with Gasteiger partial charge in [-0.1, -0.05) is 66.7 Å². The minimum atomic E-state index is -0.313. The Hall–Kier alpha value is -3.73. The molecule has 5 heteroatoms. The van der Waals surface area contributed by atoms with Gasteiger partial charge >= 0.3 is 0 Å². The molecule has 0 saturated carbocycles.